The van der Waals surface area contributed by atoms with E-state index in [0.717, 1.165) is 17.9 Å². The van der Waals surface area contributed by atoms with Crippen molar-refractivity contribution in [3.8, 4) is 0 Å². The molecule has 4 rings (SSSR count). The van der Waals surface area contributed by atoms with E-state index in [0.29, 0.717) is 11.4 Å². The average molecular weight is 387 g/mol. The zero-order valence-corrected chi connectivity index (χ0v) is 16.2. The van der Waals surface area contributed by atoms with Crippen molar-refractivity contribution in [3.05, 3.63) is 71.9 Å². The maximum absolute atomic E-state index is 12.5. The molecule has 2 heterocycles. The number of fused-ring (bicyclic) bond motifs is 1. The highest BCUT2D eigenvalue weighted by Crippen LogP contribution is 2.36. The summed E-state index contributed by atoms with van der Waals surface area (Å²) in [6.07, 6.45) is 0.953. The van der Waals surface area contributed by atoms with Gasteiger partial charge in [-0.05, 0) is 61.4 Å². The molecule has 0 aliphatic carbocycles. The van der Waals surface area contributed by atoms with Gasteiger partial charge >= 0.3 is 0 Å². The number of hydrogen-bond acceptors (Lipinski definition) is 5. The molecule has 0 saturated carbocycles. The molecule has 0 radical (unpaired) electrons. The van der Waals surface area contributed by atoms with Gasteiger partial charge in [-0.15, -0.1) is 10.2 Å². The molecule has 2 aromatic carbocycles. The minimum Gasteiger partial charge on any atom is -0.326 e. The molecule has 29 heavy (non-hydrogen) atoms. The molecule has 1 unspecified atom stereocenters. The Hall–Kier alpha value is -3.74. The van der Waals surface area contributed by atoms with Gasteiger partial charge in [0.15, 0.2) is 11.5 Å². The maximum atomic E-state index is 12.5. The number of aromatic nitrogens is 2. The topological polar surface area (TPSA) is 87.2 Å². The van der Waals surface area contributed by atoms with Crippen LogP contribution >= 0.6 is 0 Å². The largest absolute Gasteiger partial charge is 0.326 e. The van der Waals surface area contributed by atoms with E-state index in [2.05, 4.69) is 44.8 Å². The van der Waals surface area contributed by atoms with Gasteiger partial charge in [0, 0.05) is 30.0 Å². The Labute approximate surface area is 168 Å². The van der Waals surface area contributed by atoms with Crippen LogP contribution in [-0.2, 0) is 11.2 Å². The number of carbonyl (C=O) groups is 2. The Morgan fingerprint density at radius 3 is 2.28 bits per heavy atom. The number of para-hydroxylation sites is 1. The monoisotopic (exact) mass is 387 g/mol. The van der Waals surface area contributed by atoms with E-state index >= 15 is 0 Å². The summed E-state index contributed by atoms with van der Waals surface area (Å²) >= 11 is 0. The number of rotatable bonds is 4. The van der Waals surface area contributed by atoms with Crippen molar-refractivity contribution < 1.29 is 9.59 Å². The lowest BCUT2D eigenvalue weighted by molar-refractivity contribution is -0.114. The molecule has 2 N–H and O–H groups in total. The van der Waals surface area contributed by atoms with E-state index in [9.17, 15) is 9.59 Å². The van der Waals surface area contributed by atoms with Crippen molar-refractivity contribution in [1.29, 1.82) is 0 Å². The molecule has 0 bridgehead atoms. The van der Waals surface area contributed by atoms with Crippen LogP contribution in [0.4, 0.5) is 22.9 Å². The van der Waals surface area contributed by atoms with Crippen molar-refractivity contribution in [2.24, 2.45) is 0 Å². The second-order valence-corrected chi connectivity index (χ2v) is 7.04. The van der Waals surface area contributed by atoms with Gasteiger partial charge in [0.1, 0.15) is 0 Å². The molecule has 3 aromatic rings. The smallest absolute Gasteiger partial charge is 0.276 e. The standard InChI is InChI=1S/C22H21N5O2/c1-14-13-16-5-3-4-6-20(16)27(14)21-12-11-19(25-26-21)22(29)24-18-9-7-17(8-10-18)23-15(2)28/h3-12,14H,13H2,1-2H3,(H,23,28)(H,24,29). The van der Waals surface area contributed by atoms with Gasteiger partial charge in [-0.2, -0.15) is 0 Å². The van der Waals surface area contributed by atoms with Crippen LogP contribution in [-0.4, -0.2) is 28.1 Å². The van der Waals surface area contributed by atoms with Crippen molar-refractivity contribution in [3.63, 3.8) is 0 Å². The van der Waals surface area contributed by atoms with Crippen LogP contribution in [0.2, 0.25) is 0 Å². The summed E-state index contributed by atoms with van der Waals surface area (Å²) in [5.74, 6) is 0.233. The second-order valence-electron chi connectivity index (χ2n) is 7.04. The minimum atomic E-state index is -0.341. The fourth-order valence-corrected chi connectivity index (χ4v) is 3.52. The number of nitrogens with one attached hydrogen (secondary N) is 2. The Morgan fingerprint density at radius 2 is 1.62 bits per heavy atom. The first kappa shape index (κ1) is 18.6. The molecule has 146 valence electrons. The lowest BCUT2D eigenvalue weighted by Crippen LogP contribution is -2.25. The first-order valence-corrected chi connectivity index (χ1v) is 9.41. The van der Waals surface area contributed by atoms with Gasteiger partial charge in [0.2, 0.25) is 5.91 Å². The van der Waals surface area contributed by atoms with Crippen LogP contribution in [0.25, 0.3) is 0 Å². The predicted octanol–water partition coefficient (Wildman–Crippen LogP) is 3.77. The summed E-state index contributed by atoms with van der Waals surface area (Å²) in [4.78, 5) is 25.7. The third kappa shape index (κ3) is 3.94. The molecule has 0 spiro atoms. The fourth-order valence-electron chi connectivity index (χ4n) is 3.52. The van der Waals surface area contributed by atoms with Gasteiger partial charge in [-0.1, -0.05) is 18.2 Å². The molecule has 1 aromatic heterocycles. The SMILES string of the molecule is CC(=O)Nc1ccc(NC(=O)c2ccc(N3c4ccccc4CC3C)nn2)cc1. The number of nitrogens with zero attached hydrogens (tertiary/aromatic N) is 3. The van der Waals surface area contributed by atoms with E-state index in [1.54, 1.807) is 30.3 Å². The molecular weight excluding hydrogens is 366 g/mol. The van der Waals surface area contributed by atoms with Gasteiger partial charge in [0.05, 0.1) is 0 Å². The molecule has 0 fully saturated rings. The fraction of sp³-hybridized carbons (Fsp3) is 0.182. The first-order valence-electron chi connectivity index (χ1n) is 9.41. The van der Waals surface area contributed by atoms with Crippen molar-refractivity contribution in [2.75, 3.05) is 15.5 Å². The van der Waals surface area contributed by atoms with Crippen molar-refractivity contribution in [1.82, 2.24) is 10.2 Å². The second kappa shape index (κ2) is 7.71. The lowest BCUT2D eigenvalue weighted by atomic mass is 10.1. The predicted molar refractivity (Wildman–Crippen MR) is 112 cm³/mol. The Morgan fingerprint density at radius 1 is 0.931 bits per heavy atom. The van der Waals surface area contributed by atoms with Crippen LogP contribution in [0.15, 0.2) is 60.7 Å². The minimum absolute atomic E-state index is 0.146. The quantitative estimate of drug-likeness (QED) is 0.712. The average Bonchev–Trinajstić information content (AvgIpc) is 3.05. The third-order valence-electron chi connectivity index (χ3n) is 4.80. The lowest BCUT2D eigenvalue weighted by Gasteiger charge is -2.23. The molecule has 1 aliphatic rings. The van der Waals surface area contributed by atoms with E-state index in [1.807, 2.05) is 18.2 Å². The maximum Gasteiger partial charge on any atom is 0.276 e. The molecule has 1 aliphatic heterocycles. The van der Waals surface area contributed by atoms with Crippen LogP contribution < -0.4 is 15.5 Å². The zero-order chi connectivity index (χ0) is 20.4. The summed E-state index contributed by atoms with van der Waals surface area (Å²) in [5.41, 5.74) is 3.92. The third-order valence-corrected chi connectivity index (χ3v) is 4.80. The normalized spacial score (nSPS) is 15.0. The summed E-state index contributed by atoms with van der Waals surface area (Å²) in [6.45, 7) is 3.59. The summed E-state index contributed by atoms with van der Waals surface area (Å²) < 4.78 is 0. The summed E-state index contributed by atoms with van der Waals surface area (Å²) in [5, 5.41) is 13.9. The Bertz CT molecular complexity index is 1050. The van der Waals surface area contributed by atoms with Crippen molar-refractivity contribution in [2.45, 2.75) is 26.3 Å². The first-order chi connectivity index (χ1) is 14.0. The molecule has 2 amide bonds. The number of anilines is 4. The van der Waals surface area contributed by atoms with Crippen LogP contribution in [0.5, 0.6) is 0 Å². The highest BCUT2D eigenvalue weighted by atomic mass is 16.2. The summed E-state index contributed by atoms with van der Waals surface area (Å²) in [6, 6.07) is 18.9. The van der Waals surface area contributed by atoms with Gasteiger partial charge in [-0.3, -0.25) is 9.59 Å². The van der Waals surface area contributed by atoms with Gasteiger partial charge in [-0.25, -0.2) is 0 Å². The van der Waals surface area contributed by atoms with E-state index in [1.165, 1.54) is 12.5 Å². The van der Waals surface area contributed by atoms with Crippen LogP contribution in [0.3, 0.4) is 0 Å². The Kier molecular flexibility index (Phi) is 4.95. The van der Waals surface area contributed by atoms with E-state index < -0.39 is 0 Å². The number of amides is 2. The van der Waals surface area contributed by atoms with Gasteiger partial charge in [0.25, 0.3) is 5.91 Å². The summed E-state index contributed by atoms with van der Waals surface area (Å²) in [7, 11) is 0. The van der Waals surface area contributed by atoms with Gasteiger partial charge < -0.3 is 15.5 Å². The molecule has 7 nitrogen and oxygen atoms in total. The highest BCUT2D eigenvalue weighted by molar-refractivity contribution is 6.03. The molecular formula is C22H21N5O2. The number of carbonyl (C=O) groups excluding carboxylic acids is 2. The van der Waals surface area contributed by atoms with E-state index in [4.69, 9.17) is 0 Å². The van der Waals surface area contributed by atoms with Crippen LogP contribution in [0, 0.1) is 0 Å². The number of benzene rings is 2. The molecule has 1 atom stereocenters. The number of hydrogen-bond donors (Lipinski definition) is 2. The Balaban J connectivity index is 1.47. The van der Waals surface area contributed by atoms with Crippen LogP contribution in [0.1, 0.15) is 29.9 Å². The zero-order valence-electron chi connectivity index (χ0n) is 16.2. The molecule has 7 heteroatoms. The molecule has 0 saturated heterocycles. The highest BCUT2D eigenvalue weighted by Gasteiger charge is 2.28. The van der Waals surface area contributed by atoms with E-state index in [-0.39, 0.29) is 23.6 Å². The van der Waals surface area contributed by atoms with Crippen molar-refractivity contribution >= 4 is 34.7 Å².